The topological polar surface area (TPSA) is 50.2 Å². The molecule has 0 spiro atoms. The van der Waals surface area contributed by atoms with Gasteiger partial charge in [-0.05, 0) is 35.1 Å². The Morgan fingerprint density at radius 3 is 2.45 bits per heavy atom. The molecule has 3 heteroatoms. The second kappa shape index (κ2) is 7.55. The smallest absolute Gasteiger partial charge is 0.303 e. The minimum atomic E-state index is -0.781. The second-order valence-corrected chi connectivity index (χ2v) is 5.57. The number of carboxylic acid groups (broad SMARTS) is 1. The molecule has 0 amide bonds. The molecule has 2 rings (SSSR count). The van der Waals surface area contributed by atoms with E-state index >= 15 is 0 Å². The zero-order valence-corrected chi connectivity index (χ0v) is 13.0. The van der Waals surface area contributed by atoms with Crippen LogP contribution in [0.3, 0.4) is 0 Å². The fourth-order valence-electron chi connectivity index (χ4n) is 2.31. The lowest BCUT2D eigenvalue weighted by Crippen LogP contribution is -1.95. The lowest BCUT2D eigenvalue weighted by molar-refractivity contribution is -0.136. The first-order valence-electron chi connectivity index (χ1n) is 7.50. The van der Waals surface area contributed by atoms with Crippen molar-refractivity contribution >= 4 is 11.5 Å². The number of aliphatic carboxylic acids is 1. The van der Waals surface area contributed by atoms with Crippen molar-refractivity contribution in [3.05, 3.63) is 71.6 Å². The van der Waals surface area contributed by atoms with Gasteiger partial charge in [-0.2, -0.15) is 0 Å². The SMILES string of the molecule is CC(C)c1ccc(/C(=C/CCC(=O)O)c2cccnc2)cc1. The number of nitrogens with zero attached hydrogens (tertiary/aromatic N) is 1. The zero-order valence-electron chi connectivity index (χ0n) is 13.0. The number of pyridine rings is 1. The van der Waals surface area contributed by atoms with Gasteiger partial charge in [0.05, 0.1) is 0 Å². The van der Waals surface area contributed by atoms with Crippen molar-refractivity contribution in [2.75, 3.05) is 0 Å². The molecule has 0 radical (unpaired) electrons. The van der Waals surface area contributed by atoms with Crippen LogP contribution in [0.25, 0.3) is 5.57 Å². The molecule has 1 heterocycles. The Bertz CT molecular complexity index is 643. The molecule has 0 aliphatic heterocycles. The average molecular weight is 295 g/mol. The molecule has 3 nitrogen and oxygen atoms in total. The molecule has 1 N–H and O–H groups in total. The van der Waals surface area contributed by atoms with Crippen LogP contribution in [0.15, 0.2) is 54.9 Å². The van der Waals surface area contributed by atoms with Crippen LogP contribution in [0.1, 0.15) is 49.3 Å². The highest BCUT2D eigenvalue weighted by Crippen LogP contribution is 2.25. The molecule has 1 aromatic carbocycles. The van der Waals surface area contributed by atoms with E-state index in [2.05, 4.69) is 43.1 Å². The molecular weight excluding hydrogens is 274 g/mol. The fraction of sp³-hybridized carbons (Fsp3) is 0.263. The highest BCUT2D eigenvalue weighted by Gasteiger charge is 2.07. The molecule has 0 bridgehead atoms. The van der Waals surface area contributed by atoms with Crippen molar-refractivity contribution in [3.8, 4) is 0 Å². The van der Waals surface area contributed by atoms with Crippen LogP contribution in [0, 0.1) is 0 Å². The van der Waals surface area contributed by atoms with Gasteiger partial charge in [0.2, 0.25) is 0 Å². The van der Waals surface area contributed by atoms with Gasteiger partial charge in [-0.15, -0.1) is 0 Å². The lowest BCUT2D eigenvalue weighted by Gasteiger charge is -2.11. The summed E-state index contributed by atoms with van der Waals surface area (Å²) in [5.41, 5.74) is 4.41. The van der Waals surface area contributed by atoms with Crippen molar-refractivity contribution in [1.29, 1.82) is 0 Å². The summed E-state index contributed by atoms with van der Waals surface area (Å²) in [7, 11) is 0. The Kier molecular flexibility index (Phi) is 5.48. The van der Waals surface area contributed by atoms with Crippen molar-refractivity contribution < 1.29 is 9.90 Å². The number of hydrogen-bond donors (Lipinski definition) is 1. The molecule has 0 atom stereocenters. The van der Waals surface area contributed by atoms with Crippen molar-refractivity contribution in [1.82, 2.24) is 4.98 Å². The van der Waals surface area contributed by atoms with Crippen LogP contribution < -0.4 is 0 Å². The minimum absolute atomic E-state index is 0.133. The number of allylic oxidation sites excluding steroid dienone is 1. The third-order valence-electron chi connectivity index (χ3n) is 3.57. The molecule has 114 valence electrons. The minimum Gasteiger partial charge on any atom is -0.481 e. The molecule has 0 aliphatic carbocycles. The Balaban J connectivity index is 2.33. The Hall–Kier alpha value is -2.42. The molecular formula is C19H21NO2. The van der Waals surface area contributed by atoms with Crippen LogP contribution in [0.2, 0.25) is 0 Å². The lowest BCUT2D eigenvalue weighted by atomic mass is 9.94. The summed E-state index contributed by atoms with van der Waals surface area (Å²) in [5.74, 6) is -0.288. The first-order valence-corrected chi connectivity index (χ1v) is 7.50. The molecule has 0 saturated heterocycles. The summed E-state index contributed by atoms with van der Waals surface area (Å²) in [6.45, 7) is 4.33. The van der Waals surface area contributed by atoms with Gasteiger partial charge >= 0.3 is 5.97 Å². The van der Waals surface area contributed by atoms with E-state index in [4.69, 9.17) is 5.11 Å². The summed E-state index contributed by atoms with van der Waals surface area (Å²) in [4.78, 5) is 14.9. The van der Waals surface area contributed by atoms with Gasteiger partial charge in [0.15, 0.2) is 0 Å². The van der Waals surface area contributed by atoms with Crippen molar-refractivity contribution in [2.24, 2.45) is 0 Å². The van der Waals surface area contributed by atoms with Gasteiger partial charge in [0.1, 0.15) is 0 Å². The van der Waals surface area contributed by atoms with Gasteiger partial charge in [-0.3, -0.25) is 9.78 Å². The Labute approximate surface area is 131 Å². The number of carboxylic acids is 1. The standard InChI is InChI=1S/C19H21NO2/c1-14(2)15-8-10-16(11-9-15)18(6-3-7-19(21)22)17-5-4-12-20-13-17/h4-6,8-14H,3,7H2,1-2H3,(H,21,22)/b18-6-. The molecule has 0 fully saturated rings. The molecule has 22 heavy (non-hydrogen) atoms. The van der Waals surface area contributed by atoms with E-state index < -0.39 is 5.97 Å². The summed E-state index contributed by atoms with van der Waals surface area (Å²) >= 11 is 0. The zero-order chi connectivity index (χ0) is 15.9. The highest BCUT2D eigenvalue weighted by atomic mass is 16.4. The molecule has 0 saturated carbocycles. The third kappa shape index (κ3) is 4.29. The summed E-state index contributed by atoms with van der Waals surface area (Å²) in [6, 6.07) is 12.3. The van der Waals surface area contributed by atoms with E-state index in [1.54, 1.807) is 6.20 Å². The molecule has 0 unspecified atom stereocenters. The van der Waals surface area contributed by atoms with E-state index in [1.807, 2.05) is 24.4 Å². The summed E-state index contributed by atoms with van der Waals surface area (Å²) in [5, 5.41) is 8.82. The van der Waals surface area contributed by atoms with E-state index in [0.717, 1.165) is 16.7 Å². The van der Waals surface area contributed by atoms with E-state index in [0.29, 0.717) is 12.3 Å². The maximum absolute atomic E-state index is 10.7. The van der Waals surface area contributed by atoms with E-state index in [9.17, 15) is 4.79 Å². The van der Waals surface area contributed by atoms with Crippen molar-refractivity contribution in [2.45, 2.75) is 32.6 Å². The quantitative estimate of drug-likeness (QED) is 0.853. The fourth-order valence-corrected chi connectivity index (χ4v) is 2.31. The number of benzene rings is 1. The van der Waals surface area contributed by atoms with Gasteiger partial charge in [-0.25, -0.2) is 0 Å². The first kappa shape index (κ1) is 16.0. The van der Waals surface area contributed by atoms with Gasteiger partial charge < -0.3 is 5.11 Å². The predicted molar refractivity (Wildman–Crippen MR) is 88.7 cm³/mol. The molecule has 0 aliphatic rings. The third-order valence-corrected chi connectivity index (χ3v) is 3.57. The number of aromatic nitrogens is 1. The number of carbonyl (C=O) groups is 1. The maximum Gasteiger partial charge on any atom is 0.303 e. The van der Waals surface area contributed by atoms with Crippen LogP contribution >= 0.6 is 0 Å². The van der Waals surface area contributed by atoms with Crippen LogP contribution in [0.5, 0.6) is 0 Å². The van der Waals surface area contributed by atoms with Gasteiger partial charge in [0.25, 0.3) is 0 Å². The van der Waals surface area contributed by atoms with Crippen LogP contribution in [0.4, 0.5) is 0 Å². The molecule has 1 aromatic heterocycles. The summed E-state index contributed by atoms with van der Waals surface area (Å²) < 4.78 is 0. The first-order chi connectivity index (χ1) is 10.6. The van der Waals surface area contributed by atoms with Crippen LogP contribution in [-0.2, 0) is 4.79 Å². The molecule has 2 aromatic rings. The second-order valence-electron chi connectivity index (χ2n) is 5.57. The predicted octanol–water partition coefficient (Wildman–Crippen LogP) is 4.50. The van der Waals surface area contributed by atoms with Crippen molar-refractivity contribution in [3.63, 3.8) is 0 Å². The van der Waals surface area contributed by atoms with E-state index in [-0.39, 0.29) is 6.42 Å². The highest BCUT2D eigenvalue weighted by molar-refractivity contribution is 5.79. The van der Waals surface area contributed by atoms with Gasteiger partial charge in [0, 0.05) is 24.4 Å². The van der Waals surface area contributed by atoms with Gasteiger partial charge in [-0.1, -0.05) is 50.3 Å². The number of rotatable bonds is 6. The monoisotopic (exact) mass is 295 g/mol. The normalized spacial score (nSPS) is 11.7. The Morgan fingerprint density at radius 2 is 1.91 bits per heavy atom. The maximum atomic E-state index is 10.7. The number of hydrogen-bond acceptors (Lipinski definition) is 2. The van der Waals surface area contributed by atoms with E-state index in [1.165, 1.54) is 5.56 Å². The largest absolute Gasteiger partial charge is 0.481 e. The average Bonchev–Trinajstić information content (AvgIpc) is 2.52. The summed E-state index contributed by atoms with van der Waals surface area (Å²) in [6.07, 6.45) is 6.16. The van der Waals surface area contributed by atoms with Crippen LogP contribution in [-0.4, -0.2) is 16.1 Å². The Morgan fingerprint density at radius 1 is 1.18 bits per heavy atom.